The van der Waals surface area contributed by atoms with Gasteiger partial charge in [0, 0.05) is 24.2 Å². The van der Waals surface area contributed by atoms with Crippen LogP contribution in [0.1, 0.15) is 5.56 Å². The molecule has 70 valence electrons. The third-order valence-corrected chi connectivity index (χ3v) is 1.89. The Balaban J connectivity index is 2.57. The minimum absolute atomic E-state index is 0.483. The van der Waals surface area contributed by atoms with Crippen molar-refractivity contribution in [1.82, 2.24) is 15.0 Å². The van der Waals surface area contributed by atoms with Crippen LogP contribution in [0.3, 0.4) is 0 Å². The molecule has 2 rings (SSSR count). The number of nitrogen functional groups attached to an aromatic ring is 1. The molecule has 0 aliphatic rings. The van der Waals surface area contributed by atoms with E-state index in [4.69, 9.17) is 5.73 Å². The largest absolute Gasteiger partial charge is 0.383 e. The standard InChI is InChI=1S/C10H10N4/c1-7-4-8(10(11)14-5-7)9-6-12-2-3-13-9/h2-6H,1H3,(H2,11,14). The Hall–Kier alpha value is -1.97. The fraction of sp³-hybridized carbons (Fsp3) is 0.100. The highest BCUT2D eigenvalue weighted by Crippen LogP contribution is 2.21. The SMILES string of the molecule is Cc1cnc(N)c(-c2cnccn2)c1. The van der Waals surface area contributed by atoms with Gasteiger partial charge in [-0.25, -0.2) is 4.98 Å². The Labute approximate surface area is 81.9 Å². The van der Waals surface area contributed by atoms with Crippen LogP contribution in [0.25, 0.3) is 11.3 Å². The van der Waals surface area contributed by atoms with E-state index in [1.165, 1.54) is 0 Å². The van der Waals surface area contributed by atoms with Crippen molar-refractivity contribution in [2.75, 3.05) is 5.73 Å². The number of anilines is 1. The van der Waals surface area contributed by atoms with Gasteiger partial charge in [-0.05, 0) is 18.6 Å². The number of pyridine rings is 1. The van der Waals surface area contributed by atoms with E-state index in [-0.39, 0.29) is 0 Å². The van der Waals surface area contributed by atoms with Gasteiger partial charge in [-0.3, -0.25) is 9.97 Å². The van der Waals surface area contributed by atoms with E-state index in [1.54, 1.807) is 24.8 Å². The molecule has 14 heavy (non-hydrogen) atoms. The number of hydrogen-bond acceptors (Lipinski definition) is 4. The third-order valence-electron chi connectivity index (χ3n) is 1.89. The molecule has 2 heterocycles. The van der Waals surface area contributed by atoms with Crippen LogP contribution >= 0.6 is 0 Å². The van der Waals surface area contributed by atoms with Crippen LogP contribution in [0, 0.1) is 6.92 Å². The Morgan fingerprint density at radius 1 is 1.14 bits per heavy atom. The Morgan fingerprint density at radius 3 is 2.71 bits per heavy atom. The highest BCUT2D eigenvalue weighted by molar-refractivity contribution is 5.70. The third kappa shape index (κ3) is 1.54. The van der Waals surface area contributed by atoms with Gasteiger partial charge in [0.15, 0.2) is 0 Å². The van der Waals surface area contributed by atoms with Crippen LogP contribution in [0.5, 0.6) is 0 Å². The first-order valence-corrected chi connectivity index (χ1v) is 4.26. The van der Waals surface area contributed by atoms with Crippen molar-refractivity contribution in [3.05, 3.63) is 36.4 Å². The van der Waals surface area contributed by atoms with Crippen LogP contribution in [0.4, 0.5) is 5.82 Å². The molecule has 4 heteroatoms. The second kappa shape index (κ2) is 3.41. The zero-order valence-electron chi connectivity index (χ0n) is 7.81. The van der Waals surface area contributed by atoms with Crippen molar-refractivity contribution in [1.29, 1.82) is 0 Å². The van der Waals surface area contributed by atoms with E-state index in [9.17, 15) is 0 Å². The topological polar surface area (TPSA) is 64.7 Å². The molecule has 0 aromatic carbocycles. The van der Waals surface area contributed by atoms with Gasteiger partial charge in [-0.1, -0.05) is 0 Å². The van der Waals surface area contributed by atoms with Gasteiger partial charge in [-0.15, -0.1) is 0 Å². The van der Waals surface area contributed by atoms with Crippen molar-refractivity contribution in [2.45, 2.75) is 6.92 Å². The average Bonchev–Trinajstić information content (AvgIpc) is 2.23. The van der Waals surface area contributed by atoms with Crippen molar-refractivity contribution < 1.29 is 0 Å². The van der Waals surface area contributed by atoms with Gasteiger partial charge >= 0.3 is 0 Å². The van der Waals surface area contributed by atoms with Gasteiger partial charge in [0.05, 0.1) is 11.9 Å². The number of rotatable bonds is 1. The molecule has 0 unspecified atom stereocenters. The lowest BCUT2D eigenvalue weighted by molar-refractivity contribution is 1.19. The van der Waals surface area contributed by atoms with Crippen molar-refractivity contribution in [3.8, 4) is 11.3 Å². The van der Waals surface area contributed by atoms with Crippen molar-refractivity contribution in [3.63, 3.8) is 0 Å². The smallest absolute Gasteiger partial charge is 0.132 e. The summed E-state index contributed by atoms with van der Waals surface area (Å²) in [6.45, 7) is 1.96. The lowest BCUT2D eigenvalue weighted by Crippen LogP contribution is -1.96. The molecule has 0 aliphatic carbocycles. The number of nitrogens with zero attached hydrogens (tertiary/aromatic N) is 3. The molecule has 4 nitrogen and oxygen atoms in total. The quantitative estimate of drug-likeness (QED) is 0.731. The molecular weight excluding hydrogens is 176 g/mol. The Kier molecular flexibility index (Phi) is 2.10. The molecule has 2 aromatic rings. The molecule has 2 aromatic heterocycles. The number of nitrogens with two attached hydrogens (primary N) is 1. The van der Waals surface area contributed by atoms with E-state index >= 15 is 0 Å². The molecule has 0 spiro atoms. The Bertz CT molecular complexity index is 439. The van der Waals surface area contributed by atoms with Crippen LogP contribution < -0.4 is 5.73 Å². The van der Waals surface area contributed by atoms with Gasteiger partial charge in [0.1, 0.15) is 5.82 Å². The zero-order chi connectivity index (χ0) is 9.97. The molecule has 0 saturated carbocycles. The normalized spacial score (nSPS) is 10.1. The van der Waals surface area contributed by atoms with E-state index in [0.717, 1.165) is 16.8 Å². The fourth-order valence-electron chi connectivity index (χ4n) is 1.22. The lowest BCUT2D eigenvalue weighted by atomic mass is 10.1. The maximum Gasteiger partial charge on any atom is 0.132 e. The molecule has 0 fully saturated rings. The van der Waals surface area contributed by atoms with Crippen molar-refractivity contribution in [2.24, 2.45) is 0 Å². The zero-order valence-corrected chi connectivity index (χ0v) is 7.81. The molecule has 0 atom stereocenters. The lowest BCUT2D eigenvalue weighted by Gasteiger charge is -2.03. The van der Waals surface area contributed by atoms with Gasteiger partial charge in [0.2, 0.25) is 0 Å². The first kappa shape index (κ1) is 8.62. The minimum atomic E-state index is 0.483. The summed E-state index contributed by atoms with van der Waals surface area (Å²) < 4.78 is 0. The predicted molar refractivity (Wildman–Crippen MR) is 54.4 cm³/mol. The van der Waals surface area contributed by atoms with Gasteiger partial charge < -0.3 is 5.73 Å². The molecule has 0 radical (unpaired) electrons. The van der Waals surface area contributed by atoms with Crippen LogP contribution in [0.2, 0.25) is 0 Å². The second-order valence-electron chi connectivity index (χ2n) is 3.04. The molecule has 0 aliphatic heterocycles. The first-order chi connectivity index (χ1) is 6.77. The molecule has 0 amide bonds. The maximum absolute atomic E-state index is 5.74. The highest BCUT2D eigenvalue weighted by Gasteiger charge is 2.04. The van der Waals surface area contributed by atoms with Crippen molar-refractivity contribution >= 4 is 5.82 Å². The summed E-state index contributed by atoms with van der Waals surface area (Å²) in [5.74, 6) is 0.483. The molecular formula is C10H10N4. The van der Waals surface area contributed by atoms with Gasteiger partial charge in [0.25, 0.3) is 0 Å². The summed E-state index contributed by atoms with van der Waals surface area (Å²) in [5, 5.41) is 0. The summed E-state index contributed by atoms with van der Waals surface area (Å²) >= 11 is 0. The van der Waals surface area contributed by atoms with Gasteiger partial charge in [-0.2, -0.15) is 0 Å². The summed E-state index contributed by atoms with van der Waals surface area (Å²) in [4.78, 5) is 12.2. The average molecular weight is 186 g/mol. The fourth-order valence-corrected chi connectivity index (χ4v) is 1.22. The summed E-state index contributed by atoms with van der Waals surface area (Å²) in [5.41, 5.74) is 8.38. The van der Waals surface area contributed by atoms with E-state index in [0.29, 0.717) is 5.82 Å². The predicted octanol–water partition coefficient (Wildman–Crippen LogP) is 1.43. The minimum Gasteiger partial charge on any atom is -0.383 e. The van der Waals surface area contributed by atoms with E-state index in [1.807, 2.05) is 13.0 Å². The van der Waals surface area contributed by atoms with Crippen LogP contribution in [0.15, 0.2) is 30.9 Å². The molecule has 0 saturated heterocycles. The molecule has 0 bridgehead atoms. The summed E-state index contributed by atoms with van der Waals surface area (Å²) in [7, 11) is 0. The van der Waals surface area contributed by atoms with Crippen LogP contribution in [-0.4, -0.2) is 15.0 Å². The number of hydrogen-bond donors (Lipinski definition) is 1. The molecule has 2 N–H and O–H groups in total. The summed E-state index contributed by atoms with van der Waals surface area (Å²) in [6, 6.07) is 1.95. The second-order valence-corrected chi connectivity index (χ2v) is 3.04. The highest BCUT2D eigenvalue weighted by atomic mass is 14.8. The maximum atomic E-state index is 5.74. The Morgan fingerprint density at radius 2 is 2.00 bits per heavy atom. The van der Waals surface area contributed by atoms with E-state index < -0.39 is 0 Å². The van der Waals surface area contributed by atoms with Crippen LogP contribution in [-0.2, 0) is 0 Å². The first-order valence-electron chi connectivity index (χ1n) is 4.26. The summed E-state index contributed by atoms with van der Waals surface area (Å²) in [6.07, 6.45) is 6.67. The van der Waals surface area contributed by atoms with E-state index in [2.05, 4.69) is 15.0 Å². The number of aromatic nitrogens is 3. The monoisotopic (exact) mass is 186 g/mol. The number of aryl methyl sites for hydroxylation is 1.